The Labute approximate surface area is 281 Å². The fraction of sp³-hybridized carbons (Fsp3) is 1.00. The monoisotopic (exact) mass is 656 g/mol. The first kappa shape index (κ1) is 33.2. The van der Waals surface area contributed by atoms with Gasteiger partial charge < -0.3 is 29.2 Å². The van der Waals surface area contributed by atoms with Crippen molar-refractivity contribution in [2.75, 3.05) is 32.9 Å². The lowest BCUT2D eigenvalue weighted by molar-refractivity contribution is -0.256. The Morgan fingerprint density at radius 3 is 2.45 bits per heavy atom. The molecule has 2 spiro atoms. The molecule has 5 aliphatic carbocycles. The average molecular weight is 657 g/mol. The molecule has 14 atom stereocenters. The molecule has 10 heteroatoms. The lowest BCUT2D eigenvalue weighted by atomic mass is 9.41. The summed E-state index contributed by atoms with van der Waals surface area (Å²) >= 11 is 0. The molecule has 0 aromatic rings. The molecule has 8 rings (SSSR count). The molecule has 2 unspecified atom stereocenters. The third-order valence-electron chi connectivity index (χ3n) is 16.5. The molecule has 3 saturated heterocycles. The highest BCUT2D eigenvalue weighted by molar-refractivity contribution is 5.33. The van der Waals surface area contributed by atoms with E-state index in [0.717, 1.165) is 58.6 Å². The second-order valence-corrected chi connectivity index (χ2v) is 19.0. The Hall–Kier alpha value is -0.970. The molecule has 47 heavy (non-hydrogen) atoms. The van der Waals surface area contributed by atoms with Crippen LogP contribution in [-0.2, 0) is 18.9 Å². The van der Waals surface area contributed by atoms with E-state index >= 15 is 0 Å². The lowest BCUT2D eigenvalue weighted by Crippen LogP contribution is -2.60. The summed E-state index contributed by atoms with van der Waals surface area (Å²) in [7, 11) is 0. The minimum atomic E-state index is -1.21. The van der Waals surface area contributed by atoms with Crippen molar-refractivity contribution >= 4 is 0 Å². The predicted molar refractivity (Wildman–Crippen MR) is 176 cm³/mol. The highest BCUT2D eigenvalue weighted by Crippen LogP contribution is 2.89. The number of morpholine rings is 1. The first-order valence-corrected chi connectivity index (χ1v) is 18.8. The molecule has 264 valence electrons. The molecule has 0 bridgehead atoms. The van der Waals surface area contributed by atoms with E-state index in [1.54, 1.807) is 13.8 Å². The predicted octanol–water partition coefficient (Wildman–Crippen LogP) is 5.69. The van der Waals surface area contributed by atoms with Crippen LogP contribution >= 0.6 is 0 Å². The largest absolute Gasteiger partial charge is 0.390 e. The Morgan fingerprint density at radius 1 is 1.04 bits per heavy atom. The quantitative estimate of drug-likeness (QED) is 0.213. The van der Waals surface area contributed by atoms with Gasteiger partial charge in [-0.2, -0.15) is 0 Å². The lowest BCUT2D eigenvalue weighted by Gasteiger charge is -2.64. The standard InChI is InChI=1S/C37H60N4O6/c1-21-16-23(30(39-40-38)33(4,5)43)46-29-28(21)34(6)12-13-37-20-36(37)11-10-26(47-27-17-41(14-15-45-27)22-18-44-19-22)32(2,3)24(36)8-9-25(37)35(34,7)31(29)42/h21-31,42-43H,8-20H2,1-7H3/t21-,23-,24?,25+,26+,27+,28+,29+,30+,31+,34-,35-,36-,37?/m1/s1. The van der Waals surface area contributed by atoms with Gasteiger partial charge in [-0.3, -0.25) is 4.90 Å². The van der Waals surface area contributed by atoms with Crippen LogP contribution in [0.25, 0.3) is 10.4 Å². The highest BCUT2D eigenvalue weighted by atomic mass is 16.7. The van der Waals surface area contributed by atoms with E-state index in [1.165, 1.54) is 25.7 Å². The number of aliphatic hydroxyl groups is 2. The fourth-order valence-electron chi connectivity index (χ4n) is 14.2. The molecule has 3 aliphatic heterocycles. The first-order chi connectivity index (χ1) is 22.1. The van der Waals surface area contributed by atoms with Crippen LogP contribution in [0.2, 0.25) is 0 Å². The Morgan fingerprint density at radius 2 is 1.77 bits per heavy atom. The van der Waals surface area contributed by atoms with Crippen molar-refractivity contribution in [1.82, 2.24) is 4.90 Å². The summed E-state index contributed by atoms with van der Waals surface area (Å²) in [4.78, 5) is 5.57. The number of rotatable bonds is 6. The third kappa shape index (κ3) is 4.38. The zero-order chi connectivity index (χ0) is 33.4. The summed E-state index contributed by atoms with van der Waals surface area (Å²) < 4.78 is 25.4. The summed E-state index contributed by atoms with van der Waals surface area (Å²) in [5.74, 6) is 1.59. The van der Waals surface area contributed by atoms with Crippen LogP contribution in [0.4, 0.5) is 0 Å². The minimum absolute atomic E-state index is 0.0395. The number of ether oxygens (including phenoxy) is 4. The minimum Gasteiger partial charge on any atom is -0.390 e. The molecule has 3 heterocycles. The van der Waals surface area contributed by atoms with E-state index in [2.05, 4.69) is 49.5 Å². The van der Waals surface area contributed by atoms with Crippen molar-refractivity contribution in [1.29, 1.82) is 0 Å². The Kier molecular flexibility index (Phi) is 7.61. The smallest absolute Gasteiger partial charge is 0.170 e. The number of azide groups is 1. The summed E-state index contributed by atoms with van der Waals surface area (Å²) in [6, 6.07) is -0.190. The normalized spacial score (nSPS) is 52.8. The van der Waals surface area contributed by atoms with Gasteiger partial charge in [0.25, 0.3) is 0 Å². The molecule has 0 radical (unpaired) electrons. The van der Waals surface area contributed by atoms with Crippen LogP contribution in [-0.4, -0.2) is 96.4 Å². The van der Waals surface area contributed by atoms with Crippen LogP contribution < -0.4 is 0 Å². The number of aliphatic hydroxyl groups excluding tert-OH is 1. The maximum atomic E-state index is 12.5. The molecule has 0 aromatic heterocycles. The second kappa shape index (κ2) is 10.8. The summed E-state index contributed by atoms with van der Waals surface area (Å²) in [5.41, 5.74) is 8.48. The fourth-order valence-corrected chi connectivity index (χ4v) is 14.2. The molecular formula is C37H60N4O6. The van der Waals surface area contributed by atoms with E-state index < -0.39 is 23.9 Å². The SMILES string of the molecule is C[C@@H]1C[C@H]([C@H](N=[N+]=[N-])C(C)(C)O)O[C@H]2[C@H]1[C@@]1(C)CCC34C[C@@]35CC[C@H](O[C@H]3CN(C6COC6)CCO3)C(C)(C)C5CC[C@H]4[C@]1(C)[C@H]2O. The average Bonchev–Trinajstić information content (AvgIpc) is 3.61. The van der Waals surface area contributed by atoms with Gasteiger partial charge in [0.1, 0.15) is 0 Å². The van der Waals surface area contributed by atoms with Crippen molar-refractivity contribution in [3.05, 3.63) is 10.4 Å². The van der Waals surface area contributed by atoms with Gasteiger partial charge >= 0.3 is 0 Å². The summed E-state index contributed by atoms with van der Waals surface area (Å²) in [6.45, 7) is 19.7. The molecule has 0 aromatic carbocycles. The van der Waals surface area contributed by atoms with Crippen LogP contribution in [0.1, 0.15) is 99.8 Å². The van der Waals surface area contributed by atoms with Gasteiger partial charge in [-0.05, 0) is 116 Å². The van der Waals surface area contributed by atoms with Crippen molar-refractivity contribution < 1.29 is 29.2 Å². The molecular weight excluding hydrogens is 596 g/mol. The van der Waals surface area contributed by atoms with Crippen molar-refractivity contribution in [2.24, 2.45) is 55.9 Å². The van der Waals surface area contributed by atoms with Crippen LogP contribution in [0.3, 0.4) is 0 Å². The topological polar surface area (TPSA) is 129 Å². The number of nitrogens with zero attached hydrogens (tertiary/aromatic N) is 4. The maximum absolute atomic E-state index is 12.5. The van der Waals surface area contributed by atoms with Gasteiger partial charge in [0.15, 0.2) is 6.29 Å². The number of fused-ring (bicyclic) bond motifs is 4. The Bertz CT molecular complexity index is 1300. The van der Waals surface area contributed by atoms with Crippen LogP contribution in [0, 0.1) is 50.7 Å². The summed E-state index contributed by atoms with van der Waals surface area (Å²) in [6.07, 6.45) is 7.66. The van der Waals surface area contributed by atoms with Crippen LogP contribution in [0.5, 0.6) is 0 Å². The maximum Gasteiger partial charge on any atom is 0.170 e. The van der Waals surface area contributed by atoms with E-state index in [-0.39, 0.29) is 46.1 Å². The van der Waals surface area contributed by atoms with Crippen molar-refractivity contribution in [3.63, 3.8) is 0 Å². The van der Waals surface area contributed by atoms with E-state index in [9.17, 15) is 15.7 Å². The van der Waals surface area contributed by atoms with Crippen molar-refractivity contribution in [3.8, 4) is 0 Å². The molecule has 10 nitrogen and oxygen atoms in total. The van der Waals surface area contributed by atoms with Crippen LogP contribution in [0.15, 0.2) is 5.11 Å². The molecule has 5 saturated carbocycles. The van der Waals surface area contributed by atoms with Gasteiger partial charge in [-0.15, -0.1) is 0 Å². The van der Waals surface area contributed by atoms with E-state index in [1.807, 2.05) is 0 Å². The Balaban J connectivity index is 1.03. The van der Waals surface area contributed by atoms with Crippen molar-refractivity contribution in [2.45, 2.75) is 148 Å². The molecule has 8 fully saturated rings. The first-order valence-electron chi connectivity index (χ1n) is 18.8. The molecule has 0 amide bonds. The molecule has 2 N–H and O–H groups in total. The zero-order valence-corrected chi connectivity index (χ0v) is 29.9. The van der Waals surface area contributed by atoms with Gasteiger partial charge in [-0.25, -0.2) is 0 Å². The molecule has 8 aliphatic rings. The van der Waals surface area contributed by atoms with E-state index in [4.69, 9.17) is 18.9 Å². The van der Waals surface area contributed by atoms with E-state index in [0.29, 0.717) is 29.2 Å². The third-order valence-corrected chi connectivity index (χ3v) is 16.5. The summed E-state index contributed by atoms with van der Waals surface area (Å²) in [5, 5.41) is 27.5. The van der Waals surface area contributed by atoms with Gasteiger partial charge in [-0.1, -0.05) is 39.7 Å². The zero-order valence-electron chi connectivity index (χ0n) is 29.9. The number of hydrogen-bond donors (Lipinski definition) is 2. The van der Waals surface area contributed by atoms with Gasteiger partial charge in [0.2, 0.25) is 0 Å². The second-order valence-electron chi connectivity index (χ2n) is 19.0. The van der Waals surface area contributed by atoms with Gasteiger partial charge in [0.05, 0.1) is 68.5 Å². The highest BCUT2D eigenvalue weighted by Gasteiger charge is 2.84. The number of hydrogen-bond acceptors (Lipinski definition) is 8. The van der Waals surface area contributed by atoms with Gasteiger partial charge in [0, 0.05) is 16.9 Å².